The highest BCUT2D eigenvalue weighted by Gasteiger charge is 2.17. The number of pyridine rings is 1. The lowest BCUT2D eigenvalue weighted by atomic mass is 10.1. The lowest BCUT2D eigenvalue weighted by Gasteiger charge is -2.16. The molecule has 2 atom stereocenters. The first kappa shape index (κ1) is 14.3. The second-order valence-corrected chi connectivity index (χ2v) is 5.25. The molecule has 0 fully saturated rings. The number of carbonyl (C=O) groups excluding carboxylic acids is 1. The van der Waals surface area contributed by atoms with Crippen LogP contribution in [0.4, 0.5) is 0 Å². The van der Waals surface area contributed by atoms with Crippen LogP contribution in [0.25, 0.3) is 5.65 Å². The molecule has 0 aromatic carbocycles. The van der Waals surface area contributed by atoms with Crippen molar-refractivity contribution in [1.82, 2.24) is 14.7 Å². The molecule has 3 heterocycles. The Kier molecular flexibility index (Phi) is 3.93. The quantitative estimate of drug-likeness (QED) is 0.756. The largest absolute Gasteiger partial charge is 0.467 e. The van der Waals surface area contributed by atoms with Crippen LogP contribution < -0.4 is 5.32 Å². The topological polar surface area (TPSA) is 79.8 Å². The summed E-state index contributed by atoms with van der Waals surface area (Å²) in [6.45, 7) is 1.85. The molecule has 1 amide bonds. The molecular formula is C16H17N3O3. The number of nitrogens with zero attached hydrogens (tertiary/aromatic N) is 2. The number of hydrogen-bond acceptors (Lipinski definition) is 4. The van der Waals surface area contributed by atoms with Crippen LogP contribution >= 0.6 is 0 Å². The van der Waals surface area contributed by atoms with Crippen molar-refractivity contribution in [3.8, 4) is 0 Å². The van der Waals surface area contributed by atoms with Gasteiger partial charge < -0.3 is 19.2 Å². The third-order valence-electron chi connectivity index (χ3n) is 3.49. The summed E-state index contributed by atoms with van der Waals surface area (Å²) in [6, 6.07) is 6.71. The van der Waals surface area contributed by atoms with Gasteiger partial charge in [-0.3, -0.25) is 4.79 Å². The van der Waals surface area contributed by atoms with E-state index in [1.165, 1.54) is 6.26 Å². The SMILES string of the molecule is CC(CC(O)c1ccco1)NC(=O)c1ccn2ccnc2c1. The van der Waals surface area contributed by atoms with E-state index < -0.39 is 6.10 Å². The van der Waals surface area contributed by atoms with Gasteiger partial charge in [0.25, 0.3) is 5.91 Å². The number of hydrogen-bond donors (Lipinski definition) is 2. The fourth-order valence-electron chi connectivity index (χ4n) is 2.35. The van der Waals surface area contributed by atoms with Gasteiger partial charge in [-0.2, -0.15) is 0 Å². The summed E-state index contributed by atoms with van der Waals surface area (Å²) in [5.41, 5.74) is 1.26. The van der Waals surface area contributed by atoms with Crippen molar-refractivity contribution >= 4 is 11.6 Å². The molecule has 114 valence electrons. The van der Waals surface area contributed by atoms with E-state index in [4.69, 9.17) is 4.42 Å². The molecule has 0 saturated carbocycles. The molecule has 2 N–H and O–H groups in total. The summed E-state index contributed by atoms with van der Waals surface area (Å²) in [6.07, 6.45) is 6.45. The minimum Gasteiger partial charge on any atom is -0.467 e. The number of nitrogens with one attached hydrogen (secondary N) is 1. The highest BCUT2D eigenvalue weighted by atomic mass is 16.4. The Bertz CT molecular complexity index is 764. The zero-order valence-electron chi connectivity index (χ0n) is 12.1. The van der Waals surface area contributed by atoms with Crippen LogP contribution in [-0.4, -0.2) is 26.4 Å². The zero-order chi connectivity index (χ0) is 15.5. The van der Waals surface area contributed by atoms with Gasteiger partial charge in [-0.15, -0.1) is 0 Å². The van der Waals surface area contributed by atoms with Crippen LogP contribution in [0.15, 0.2) is 53.5 Å². The van der Waals surface area contributed by atoms with E-state index in [-0.39, 0.29) is 11.9 Å². The van der Waals surface area contributed by atoms with Crippen molar-refractivity contribution in [3.05, 3.63) is 60.4 Å². The summed E-state index contributed by atoms with van der Waals surface area (Å²) < 4.78 is 6.99. The van der Waals surface area contributed by atoms with Crippen LogP contribution in [0.2, 0.25) is 0 Å². The van der Waals surface area contributed by atoms with Gasteiger partial charge in [-0.05, 0) is 31.2 Å². The molecule has 2 unspecified atom stereocenters. The van der Waals surface area contributed by atoms with Gasteiger partial charge in [0.1, 0.15) is 17.5 Å². The average Bonchev–Trinajstić information content (AvgIpc) is 3.17. The molecule has 3 rings (SSSR count). The predicted octanol–water partition coefficient (Wildman–Crippen LogP) is 2.17. The van der Waals surface area contributed by atoms with E-state index in [1.54, 1.807) is 36.7 Å². The molecule has 0 radical (unpaired) electrons. The summed E-state index contributed by atoms with van der Waals surface area (Å²) in [5, 5.41) is 12.9. The summed E-state index contributed by atoms with van der Waals surface area (Å²) >= 11 is 0. The van der Waals surface area contributed by atoms with Crippen molar-refractivity contribution in [3.63, 3.8) is 0 Å². The molecule has 0 aliphatic carbocycles. The maximum absolute atomic E-state index is 12.2. The molecular weight excluding hydrogens is 282 g/mol. The number of imidazole rings is 1. The summed E-state index contributed by atoms with van der Waals surface area (Å²) in [7, 11) is 0. The van der Waals surface area contributed by atoms with Crippen LogP contribution in [0.3, 0.4) is 0 Å². The Hall–Kier alpha value is -2.60. The van der Waals surface area contributed by atoms with Gasteiger partial charge in [0, 0.05) is 36.6 Å². The van der Waals surface area contributed by atoms with E-state index in [0.717, 1.165) is 5.65 Å². The Balaban J connectivity index is 1.63. The van der Waals surface area contributed by atoms with Crippen LogP contribution in [0.1, 0.15) is 35.6 Å². The van der Waals surface area contributed by atoms with Crippen LogP contribution in [0, 0.1) is 0 Å². The second-order valence-electron chi connectivity index (χ2n) is 5.25. The van der Waals surface area contributed by atoms with E-state index in [9.17, 15) is 9.90 Å². The molecule has 6 heteroatoms. The minimum atomic E-state index is -0.736. The highest BCUT2D eigenvalue weighted by Crippen LogP contribution is 2.18. The number of carbonyl (C=O) groups is 1. The molecule has 0 aliphatic heterocycles. The number of rotatable bonds is 5. The number of amides is 1. The summed E-state index contributed by atoms with van der Waals surface area (Å²) in [5.74, 6) is 0.310. The maximum Gasteiger partial charge on any atom is 0.251 e. The first-order chi connectivity index (χ1) is 10.6. The molecule has 6 nitrogen and oxygen atoms in total. The molecule has 0 aliphatic rings. The van der Waals surface area contributed by atoms with E-state index in [0.29, 0.717) is 17.7 Å². The second kappa shape index (κ2) is 6.03. The zero-order valence-corrected chi connectivity index (χ0v) is 12.1. The van der Waals surface area contributed by atoms with Crippen molar-refractivity contribution < 1.29 is 14.3 Å². The van der Waals surface area contributed by atoms with Crippen LogP contribution in [-0.2, 0) is 0 Å². The number of fused-ring (bicyclic) bond motifs is 1. The fraction of sp³-hybridized carbons (Fsp3) is 0.250. The predicted molar refractivity (Wildman–Crippen MR) is 80.4 cm³/mol. The first-order valence-corrected chi connectivity index (χ1v) is 7.08. The Morgan fingerprint density at radius 1 is 1.45 bits per heavy atom. The molecule has 3 aromatic rings. The van der Waals surface area contributed by atoms with Crippen molar-refractivity contribution in [1.29, 1.82) is 0 Å². The third kappa shape index (κ3) is 3.01. The van der Waals surface area contributed by atoms with E-state index >= 15 is 0 Å². The number of aromatic nitrogens is 2. The van der Waals surface area contributed by atoms with Gasteiger partial charge >= 0.3 is 0 Å². The molecule has 0 saturated heterocycles. The Labute approximate surface area is 127 Å². The standard InChI is InChI=1S/C16H17N3O3/c1-11(9-13(20)14-3-2-8-22-14)18-16(21)12-4-6-19-7-5-17-15(19)10-12/h2-8,10-11,13,20H,9H2,1H3,(H,18,21). The Morgan fingerprint density at radius 3 is 3.09 bits per heavy atom. The van der Waals surface area contributed by atoms with Gasteiger partial charge in [-0.1, -0.05) is 0 Å². The monoisotopic (exact) mass is 299 g/mol. The smallest absolute Gasteiger partial charge is 0.251 e. The van der Waals surface area contributed by atoms with Gasteiger partial charge in [0.15, 0.2) is 0 Å². The molecule has 0 spiro atoms. The normalized spacial score (nSPS) is 13.9. The number of aliphatic hydroxyl groups is 1. The molecule has 22 heavy (non-hydrogen) atoms. The average molecular weight is 299 g/mol. The van der Waals surface area contributed by atoms with Gasteiger partial charge in [0.05, 0.1) is 6.26 Å². The van der Waals surface area contributed by atoms with Gasteiger partial charge in [-0.25, -0.2) is 4.98 Å². The lowest BCUT2D eigenvalue weighted by molar-refractivity contribution is 0.0903. The van der Waals surface area contributed by atoms with Crippen molar-refractivity contribution in [2.24, 2.45) is 0 Å². The van der Waals surface area contributed by atoms with Crippen LogP contribution in [0.5, 0.6) is 0 Å². The van der Waals surface area contributed by atoms with E-state index in [2.05, 4.69) is 10.3 Å². The maximum atomic E-state index is 12.2. The first-order valence-electron chi connectivity index (χ1n) is 7.08. The lowest BCUT2D eigenvalue weighted by Crippen LogP contribution is -2.33. The Morgan fingerprint density at radius 2 is 2.32 bits per heavy atom. The highest BCUT2D eigenvalue weighted by molar-refractivity contribution is 5.95. The molecule has 0 bridgehead atoms. The van der Waals surface area contributed by atoms with Gasteiger partial charge in [0.2, 0.25) is 0 Å². The third-order valence-corrected chi connectivity index (χ3v) is 3.49. The minimum absolute atomic E-state index is 0.190. The molecule has 3 aromatic heterocycles. The van der Waals surface area contributed by atoms with Crippen molar-refractivity contribution in [2.75, 3.05) is 0 Å². The number of aliphatic hydroxyl groups excluding tert-OH is 1. The fourth-order valence-corrected chi connectivity index (χ4v) is 2.35. The van der Waals surface area contributed by atoms with Crippen molar-refractivity contribution in [2.45, 2.75) is 25.5 Å². The number of furan rings is 1. The summed E-state index contributed by atoms with van der Waals surface area (Å²) in [4.78, 5) is 16.4. The van der Waals surface area contributed by atoms with E-state index in [1.807, 2.05) is 17.5 Å².